The van der Waals surface area contributed by atoms with Gasteiger partial charge in [-0.05, 0) is 37.0 Å². The minimum Gasteiger partial charge on any atom is -0.381 e. The number of anilines is 2. The van der Waals surface area contributed by atoms with Crippen LogP contribution in [0.1, 0.15) is 19.8 Å². The Morgan fingerprint density at radius 3 is 2.57 bits per heavy atom. The molecule has 0 radical (unpaired) electrons. The van der Waals surface area contributed by atoms with Crippen molar-refractivity contribution in [1.29, 1.82) is 0 Å². The molecule has 8 heteroatoms. The average Bonchev–Trinajstić information content (AvgIpc) is 2.50. The highest BCUT2D eigenvalue weighted by Crippen LogP contribution is 2.26. The molecule has 1 saturated heterocycles. The molecule has 1 fully saturated rings. The van der Waals surface area contributed by atoms with Gasteiger partial charge in [-0.1, -0.05) is 11.6 Å². The predicted molar refractivity (Wildman–Crippen MR) is 93.2 cm³/mol. The first-order valence-electron chi connectivity index (χ1n) is 7.18. The first kappa shape index (κ1) is 19.7. The fourth-order valence-electron chi connectivity index (χ4n) is 2.40. The van der Waals surface area contributed by atoms with Crippen molar-refractivity contribution in [3.8, 4) is 0 Å². The molecular weight excluding hydrogens is 341 g/mol. The Labute approximate surface area is 146 Å². The lowest BCUT2D eigenvalue weighted by atomic mass is 9.92. The van der Waals surface area contributed by atoms with Gasteiger partial charge in [0.2, 0.25) is 11.8 Å². The van der Waals surface area contributed by atoms with Crippen LogP contribution in [0.2, 0.25) is 5.02 Å². The molecule has 1 aromatic rings. The molecule has 4 N–H and O–H groups in total. The van der Waals surface area contributed by atoms with E-state index in [9.17, 15) is 9.59 Å². The number of nitrogens with two attached hydrogens (primary N) is 1. The van der Waals surface area contributed by atoms with Crippen molar-refractivity contribution in [3.63, 3.8) is 0 Å². The second-order valence-electron chi connectivity index (χ2n) is 5.34. The highest BCUT2D eigenvalue weighted by molar-refractivity contribution is 6.33. The SMILES string of the molecule is CC(=O)Nc1cc(NC(=O)C(N)C2CCOCC2)ccc1Cl.Cl. The Hall–Kier alpha value is -1.34. The fraction of sp³-hybridized carbons (Fsp3) is 0.467. The Morgan fingerprint density at radius 2 is 1.96 bits per heavy atom. The third-order valence-corrected chi connectivity index (χ3v) is 3.95. The molecule has 128 valence electrons. The van der Waals surface area contributed by atoms with Crippen LogP contribution in [0.25, 0.3) is 0 Å². The Morgan fingerprint density at radius 1 is 1.30 bits per heavy atom. The van der Waals surface area contributed by atoms with E-state index < -0.39 is 6.04 Å². The number of ether oxygens (including phenoxy) is 1. The summed E-state index contributed by atoms with van der Waals surface area (Å²) in [5.41, 5.74) is 7.02. The van der Waals surface area contributed by atoms with E-state index in [-0.39, 0.29) is 30.1 Å². The van der Waals surface area contributed by atoms with Crippen LogP contribution in [0.5, 0.6) is 0 Å². The standard InChI is InChI=1S/C15H20ClN3O3.ClH/c1-9(20)18-13-8-11(2-3-12(13)16)19-15(21)14(17)10-4-6-22-7-5-10;/h2-3,8,10,14H,4-7,17H2,1H3,(H,18,20)(H,19,21);1H. The van der Waals surface area contributed by atoms with E-state index in [4.69, 9.17) is 22.1 Å². The maximum atomic E-state index is 12.2. The highest BCUT2D eigenvalue weighted by Gasteiger charge is 2.26. The lowest BCUT2D eigenvalue weighted by Crippen LogP contribution is -2.44. The van der Waals surface area contributed by atoms with Gasteiger partial charge in [0.25, 0.3) is 0 Å². The maximum Gasteiger partial charge on any atom is 0.241 e. The molecule has 2 rings (SSSR count). The monoisotopic (exact) mass is 361 g/mol. The first-order valence-corrected chi connectivity index (χ1v) is 7.56. The van der Waals surface area contributed by atoms with E-state index in [1.54, 1.807) is 18.2 Å². The number of hydrogen-bond donors (Lipinski definition) is 3. The molecule has 2 amide bonds. The van der Waals surface area contributed by atoms with Crippen LogP contribution in [0.4, 0.5) is 11.4 Å². The maximum absolute atomic E-state index is 12.2. The Balaban J connectivity index is 0.00000264. The highest BCUT2D eigenvalue weighted by atomic mass is 35.5. The zero-order valence-corrected chi connectivity index (χ0v) is 14.4. The molecule has 1 atom stereocenters. The van der Waals surface area contributed by atoms with Gasteiger partial charge in [-0.15, -0.1) is 12.4 Å². The second-order valence-corrected chi connectivity index (χ2v) is 5.75. The van der Waals surface area contributed by atoms with Crippen LogP contribution in [0.3, 0.4) is 0 Å². The van der Waals surface area contributed by atoms with Crippen LogP contribution in [-0.2, 0) is 14.3 Å². The lowest BCUT2D eigenvalue weighted by Gasteiger charge is -2.26. The van der Waals surface area contributed by atoms with Gasteiger partial charge in [0.1, 0.15) is 0 Å². The van der Waals surface area contributed by atoms with Gasteiger partial charge < -0.3 is 21.1 Å². The summed E-state index contributed by atoms with van der Waals surface area (Å²) >= 11 is 6.00. The number of hydrogen-bond acceptors (Lipinski definition) is 4. The summed E-state index contributed by atoms with van der Waals surface area (Å²) in [7, 11) is 0. The molecule has 1 heterocycles. The zero-order chi connectivity index (χ0) is 16.1. The minimum atomic E-state index is -0.580. The molecule has 1 aromatic carbocycles. The van der Waals surface area contributed by atoms with Gasteiger partial charge in [0.15, 0.2) is 0 Å². The van der Waals surface area contributed by atoms with E-state index in [2.05, 4.69) is 10.6 Å². The van der Waals surface area contributed by atoms with Gasteiger partial charge in [0, 0.05) is 25.8 Å². The number of amides is 2. The van der Waals surface area contributed by atoms with Crippen molar-refractivity contribution in [2.24, 2.45) is 11.7 Å². The molecule has 1 aliphatic rings. The molecule has 0 spiro atoms. The number of nitrogens with one attached hydrogen (secondary N) is 2. The summed E-state index contributed by atoms with van der Waals surface area (Å²) in [4.78, 5) is 23.4. The van der Waals surface area contributed by atoms with E-state index in [0.29, 0.717) is 29.6 Å². The minimum absolute atomic E-state index is 0. The summed E-state index contributed by atoms with van der Waals surface area (Å²) < 4.78 is 5.27. The third kappa shape index (κ3) is 5.66. The average molecular weight is 362 g/mol. The van der Waals surface area contributed by atoms with Crippen LogP contribution < -0.4 is 16.4 Å². The molecule has 0 saturated carbocycles. The van der Waals surface area contributed by atoms with Gasteiger partial charge in [0.05, 0.1) is 16.8 Å². The molecule has 6 nitrogen and oxygen atoms in total. The van der Waals surface area contributed by atoms with Crippen molar-refractivity contribution < 1.29 is 14.3 Å². The van der Waals surface area contributed by atoms with Crippen LogP contribution in [-0.4, -0.2) is 31.1 Å². The number of carbonyl (C=O) groups excluding carboxylic acids is 2. The molecule has 0 bridgehead atoms. The quantitative estimate of drug-likeness (QED) is 0.767. The molecular formula is C15H21Cl2N3O3. The number of carbonyl (C=O) groups is 2. The summed E-state index contributed by atoms with van der Waals surface area (Å²) in [5.74, 6) is -0.358. The summed E-state index contributed by atoms with van der Waals surface area (Å²) in [6, 6.07) is 4.31. The van der Waals surface area contributed by atoms with E-state index >= 15 is 0 Å². The smallest absolute Gasteiger partial charge is 0.241 e. The Kier molecular flexibility index (Phi) is 7.78. The van der Waals surface area contributed by atoms with Gasteiger partial charge in [-0.3, -0.25) is 9.59 Å². The lowest BCUT2D eigenvalue weighted by molar-refractivity contribution is -0.119. The van der Waals surface area contributed by atoms with Gasteiger partial charge in [-0.2, -0.15) is 0 Å². The number of benzene rings is 1. The summed E-state index contributed by atoms with van der Waals surface area (Å²) in [6.45, 7) is 2.67. The second kappa shape index (κ2) is 9.08. The zero-order valence-electron chi connectivity index (χ0n) is 12.8. The fourth-order valence-corrected chi connectivity index (χ4v) is 2.57. The Bertz CT molecular complexity index is 563. The van der Waals surface area contributed by atoms with Crippen LogP contribution in [0, 0.1) is 5.92 Å². The third-order valence-electron chi connectivity index (χ3n) is 3.62. The van der Waals surface area contributed by atoms with Crippen molar-refractivity contribution in [3.05, 3.63) is 23.2 Å². The van der Waals surface area contributed by atoms with Crippen molar-refractivity contribution in [2.45, 2.75) is 25.8 Å². The molecule has 23 heavy (non-hydrogen) atoms. The van der Waals surface area contributed by atoms with E-state index in [1.165, 1.54) is 6.92 Å². The van der Waals surface area contributed by atoms with Gasteiger partial charge in [-0.25, -0.2) is 0 Å². The van der Waals surface area contributed by atoms with Crippen molar-refractivity contribution >= 4 is 47.2 Å². The van der Waals surface area contributed by atoms with Crippen molar-refractivity contribution in [1.82, 2.24) is 0 Å². The topological polar surface area (TPSA) is 93.5 Å². The summed E-state index contributed by atoms with van der Waals surface area (Å²) in [5, 5.41) is 5.78. The summed E-state index contributed by atoms with van der Waals surface area (Å²) in [6.07, 6.45) is 1.57. The molecule has 1 unspecified atom stereocenters. The van der Waals surface area contributed by atoms with Crippen LogP contribution >= 0.6 is 24.0 Å². The normalized spacial score (nSPS) is 16.1. The molecule has 1 aliphatic heterocycles. The number of halogens is 2. The van der Waals surface area contributed by atoms with Crippen molar-refractivity contribution in [2.75, 3.05) is 23.8 Å². The molecule has 0 aromatic heterocycles. The van der Waals surface area contributed by atoms with Gasteiger partial charge >= 0.3 is 0 Å². The van der Waals surface area contributed by atoms with E-state index in [0.717, 1.165) is 12.8 Å². The van der Waals surface area contributed by atoms with Crippen LogP contribution in [0.15, 0.2) is 18.2 Å². The largest absolute Gasteiger partial charge is 0.381 e. The van der Waals surface area contributed by atoms with E-state index in [1.807, 2.05) is 0 Å². The predicted octanol–water partition coefficient (Wildman–Crippen LogP) is 2.41. The first-order chi connectivity index (χ1) is 10.5. The number of rotatable bonds is 4. The molecule has 0 aliphatic carbocycles.